The van der Waals surface area contributed by atoms with Gasteiger partial charge in [0.15, 0.2) is 5.00 Å². The van der Waals surface area contributed by atoms with E-state index < -0.39 is 8.07 Å². The number of hydrogen-bond acceptors (Lipinski definition) is 2. The summed E-state index contributed by atoms with van der Waals surface area (Å²) in [5, 5.41) is 1.65. The van der Waals surface area contributed by atoms with E-state index in [1.54, 1.807) is 18.9 Å². The average Bonchev–Trinajstić information content (AvgIpc) is 3.27. The van der Waals surface area contributed by atoms with E-state index in [-0.39, 0.29) is 0 Å². The topological polar surface area (TPSA) is 0 Å². The lowest BCUT2D eigenvalue weighted by Gasteiger charge is -2.42. The Labute approximate surface area is 202 Å². The molecule has 0 saturated carbocycles. The zero-order chi connectivity index (χ0) is 23.2. The lowest BCUT2D eigenvalue weighted by atomic mass is 10.1. The second-order valence-electron chi connectivity index (χ2n) is 10.7. The molecule has 0 radical (unpaired) electrons. The molecule has 178 valence electrons. The predicted molar refractivity (Wildman–Crippen MR) is 152 cm³/mol. The maximum Gasteiger partial charge on any atom is 0.190 e. The van der Waals surface area contributed by atoms with Crippen molar-refractivity contribution in [3.8, 4) is 0 Å². The number of unbranched alkanes of at least 4 members (excludes halogenated alkanes) is 3. The van der Waals surface area contributed by atoms with Crippen LogP contribution in [0.3, 0.4) is 0 Å². The molecular formula is C27H50NS2Si+. The van der Waals surface area contributed by atoms with Crippen molar-refractivity contribution in [3.05, 3.63) is 12.1 Å². The average molecular weight is 481 g/mol. The Bertz CT molecular complexity index is 711. The van der Waals surface area contributed by atoms with E-state index in [2.05, 4.69) is 97.1 Å². The van der Waals surface area contributed by atoms with Gasteiger partial charge in [-0.05, 0) is 46.5 Å². The first-order chi connectivity index (χ1) is 14.7. The van der Waals surface area contributed by atoms with E-state index in [0.29, 0.717) is 0 Å². The molecule has 0 aliphatic rings. The Kier molecular flexibility index (Phi) is 10.3. The van der Waals surface area contributed by atoms with Gasteiger partial charge in [0, 0.05) is 6.07 Å². The molecule has 31 heavy (non-hydrogen) atoms. The summed E-state index contributed by atoms with van der Waals surface area (Å²) in [5.41, 5.74) is 2.36. The second-order valence-corrected chi connectivity index (χ2v) is 19.1. The van der Waals surface area contributed by atoms with Crippen LogP contribution >= 0.6 is 22.7 Å². The molecule has 0 aliphatic heterocycles. The van der Waals surface area contributed by atoms with Crippen LogP contribution < -0.4 is 8.98 Å². The van der Waals surface area contributed by atoms with Gasteiger partial charge < -0.3 is 0 Å². The molecule has 0 N–H and O–H groups in total. The highest BCUT2D eigenvalue weighted by atomic mass is 32.1. The monoisotopic (exact) mass is 480 g/mol. The van der Waals surface area contributed by atoms with Crippen molar-refractivity contribution in [2.24, 2.45) is 0 Å². The van der Waals surface area contributed by atoms with Gasteiger partial charge in [0.25, 0.3) is 0 Å². The molecule has 0 spiro atoms. The zero-order valence-corrected chi connectivity index (χ0v) is 24.6. The SMILES string of the molecule is CCCC[N+](CCCC)(CCCC)c1cc2sc([Si](C(C)C)(C(C)C)C(C)C)cc2s1. The van der Waals surface area contributed by atoms with E-state index in [1.807, 2.05) is 0 Å². The van der Waals surface area contributed by atoms with Gasteiger partial charge in [-0.25, -0.2) is 0 Å². The fraction of sp³-hybridized carbons (Fsp3) is 0.778. The number of rotatable bonds is 14. The number of nitrogens with zero attached hydrogens (tertiary/aromatic N) is 1. The van der Waals surface area contributed by atoms with Crippen molar-refractivity contribution >= 4 is 49.6 Å². The van der Waals surface area contributed by atoms with Crippen molar-refractivity contribution in [1.82, 2.24) is 4.48 Å². The molecule has 0 atom stereocenters. The van der Waals surface area contributed by atoms with Crippen LogP contribution in [0.5, 0.6) is 0 Å². The Balaban J connectivity index is 2.54. The molecule has 2 aromatic heterocycles. The first kappa shape index (κ1) is 27.1. The quantitative estimate of drug-likeness (QED) is 0.186. The molecule has 0 bridgehead atoms. The van der Waals surface area contributed by atoms with Crippen LogP contribution in [-0.4, -0.2) is 27.7 Å². The van der Waals surface area contributed by atoms with Crippen molar-refractivity contribution < 1.29 is 0 Å². The van der Waals surface area contributed by atoms with Gasteiger partial charge in [0.2, 0.25) is 0 Å². The largest absolute Gasteiger partial charge is 0.282 e. The molecule has 0 fully saturated rings. The van der Waals surface area contributed by atoms with Crippen molar-refractivity contribution in [2.75, 3.05) is 19.6 Å². The third-order valence-electron chi connectivity index (χ3n) is 7.77. The smallest absolute Gasteiger partial charge is 0.190 e. The minimum Gasteiger partial charge on any atom is -0.282 e. The summed E-state index contributed by atoms with van der Waals surface area (Å²) in [6.07, 6.45) is 7.92. The molecule has 1 nitrogen and oxygen atoms in total. The Hall–Kier alpha value is -0.163. The summed E-state index contributed by atoms with van der Waals surface area (Å²) in [6, 6.07) is 5.27. The summed E-state index contributed by atoms with van der Waals surface area (Å²) in [5.74, 6) is 0. The van der Waals surface area contributed by atoms with Gasteiger partial charge in [-0.3, -0.25) is 4.48 Å². The Morgan fingerprint density at radius 3 is 1.45 bits per heavy atom. The van der Waals surface area contributed by atoms with Gasteiger partial charge in [0.05, 0.1) is 29.0 Å². The van der Waals surface area contributed by atoms with Crippen LogP contribution in [0, 0.1) is 0 Å². The molecule has 2 aromatic rings. The van der Waals surface area contributed by atoms with E-state index >= 15 is 0 Å². The summed E-state index contributed by atoms with van der Waals surface area (Å²) >= 11 is 4.29. The second kappa shape index (κ2) is 11.8. The summed E-state index contributed by atoms with van der Waals surface area (Å²) in [4.78, 5) is 0. The maximum atomic E-state index is 2.65. The summed E-state index contributed by atoms with van der Waals surface area (Å²) in [6.45, 7) is 26.0. The van der Waals surface area contributed by atoms with Crippen molar-refractivity contribution in [3.63, 3.8) is 0 Å². The molecule has 0 saturated heterocycles. The molecule has 2 rings (SSSR count). The molecule has 0 amide bonds. The number of thiophene rings is 2. The number of quaternary nitrogens is 1. The van der Waals surface area contributed by atoms with Gasteiger partial charge >= 0.3 is 0 Å². The standard InChI is InChI=1S/C27H50NS2Si/c1-10-13-16-28(17-14-11-2,18-15-12-3)26-19-24-25(29-26)20-27(30-24)31(21(4)5,22(6)7)23(8)9/h19-23H,10-18H2,1-9H3/q+1. The third-order valence-corrected chi connectivity index (χ3v) is 18.2. The summed E-state index contributed by atoms with van der Waals surface area (Å²) in [7, 11) is -1.56. The molecule has 4 heteroatoms. The normalized spacial score (nSPS) is 13.4. The van der Waals surface area contributed by atoms with Gasteiger partial charge in [-0.15, -0.1) is 11.3 Å². The fourth-order valence-corrected chi connectivity index (χ4v) is 17.9. The van der Waals surface area contributed by atoms with Crippen molar-refractivity contribution in [1.29, 1.82) is 0 Å². The highest BCUT2D eigenvalue weighted by Crippen LogP contribution is 2.46. The highest BCUT2D eigenvalue weighted by molar-refractivity contribution is 7.36. The van der Waals surface area contributed by atoms with Gasteiger partial charge in [-0.1, -0.05) is 92.9 Å². The molecule has 2 heterocycles. The fourth-order valence-electron chi connectivity index (χ4n) is 6.17. The minimum absolute atomic E-state index is 0.785. The molecular weight excluding hydrogens is 431 g/mol. The maximum absolute atomic E-state index is 2.65. The Morgan fingerprint density at radius 1 is 0.677 bits per heavy atom. The highest BCUT2D eigenvalue weighted by Gasteiger charge is 2.46. The van der Waals surface area contributed by atoms with Crippen LogP contribution in [0.4, 0.5) is 5.00 Å². The van der Waals surface area contributed by atoms with E-state index in [0.717, 1.165) is 16.6 Å². The van der Waals surface area contributed by atoms with E-state index in [4.69, 9.17) is 0 Å². The third kappa shape index (κ3) is 5.50. The first-order valence-corrected chi connectivity index (χ1v) is 17.0. The lowest BCUT2D eigenvalue weighted by molar-refractivity contribution is 0.264. The number of fused-ring (bicyclic) bond motifs is 1. The molecule has 0 aliphatic carbocycles. The number of hydrogen-bond donors (Lipinski definition) is 0. The Morgan fingerprint density at radius 2 is 1.10 bits per heavy atom. The molecule has 0 unspecified atom stereocenters. The summed E-state index contributed by atoms with van der Waals surface area (Å²) < 4.78 is 6.13. The van der Waals surface area contributed by atoms with Crippen LogP contribution in [0.1, 0.15) is 101 Å². The van der Waals surface area contributed by atoms with Crippen LogP contribution in [-0.2, 0) is 0 Å². The lowest BCUT2D eigenvalue weighted by Crippen LogP contribution is -2.54. The van der Waals surface area contributed by atoms with Gasteiger partial charge in [-0.2, -0.15) is 0 Å². The van der Waals surface area contributed by atoms with Gasteiger partial charge in [0.1, 0.15) is 8.07 Å². The van der Waals surface area contributed by atoms with Crippen LogP contribution in [0.25, 0.3) is 9.40 Å². The predicted octanol–water partition coefficient (Wildman–Crippen LogP) is 9.56. The van der Waals surface area contributed by atoms with Crippen LogP contribution in [0.15, 0.2) is 12.1 Å². The molecule has 0 aromatic carbocycles. The van der Waals surface area contributed by atoms with E-state index in [1.165, 1.54) is 62.6 Å². The zero-order valence-electron chi connectivity index (χ0n) is 22.0. The first-order valence-electron chi connectivity index (χ1n) is 13.1. The minimum atomic E-state index is -1.56. The van der Waals surface area contributed by atoms with E-state index in [9.17, 15) is 0 Å². The van der Waals surface area contributed by atoms with Crippen LogP contribution in [0.2, 0.25) is 16.6 Å². The van der Waals surface area contributed by atoms with Crippen molar-refractivity contribution in [2.45, 2.75) is 117 Å².